The van der Waals surface area contributed by atoms with Gasteiger partial charge in [-0.05, 0) is 18.8 Å². The number of rotatable bonds is 10. The Kier molecular flexibility index (Phi) is 10.2. The van der Waals surface area contributed by atoms with Gasteiger partial charge in [0, 0.05) is 26.3 Å². The Balaban J connectivity index is 3.49. The average molecular weight is 244 g/mol. The van der Waals surface area contributed by atoms with Gasteiger partial charge in [0.1, 0.15) is 0 Å². The van der Waals surface area contributed by atoms with Crippen molar-refractivity contribution in [2.45, 2.75) is 40.0 Å². The van der Waals surface area contributed by atoms with Gasteiger partial charge in [0.05, 0.1) is 5.92 Å². The first-order valence-corrected chi connectivity index (χ1v) is 6.67. The first-order valence-electron chi connectivity index (χ1n) is 6.67. The summed E-state index contributed by atoms with van der Waals surface area (Å²) in [5.41, 5.74) is 5.56. The van der Waals surface area contributed by atoms with E-state index in [0.29, 0.717) is 25.6 Å². The van der Waals surface area contributed by atoms with E-state index in [-0.39, 0.29) is 11.8 Å². The molecule has 102 valence electrons. The molecule has 1 amide bonds. The molecule has 3 N–H and O–H groups in total. The largest absolute Gasteiger partial charge is 0.381 e. The standard InChI is InChI=1S/C13H28N2O2/c1-4-6-12(9-14)13(16)15-7-5-8-17-10-11(2)3/h11-12H,4-10,14H2,1-3H3,(H,15,16). The monoisotopic (exact) mass is 244 g/mol. The Morgan fingerprint density at radius 2 is 2.12 bits per heavy atom. The third-order valence-corrected chi connectivity index (χ3v) is 2.51. The topological polar surface area (TPSA) is 64.4 Å². The van der Waals surface area contributed by atoms with Crippen LogP contribution in [0, 0.1) is 11.8 Å². The van der Waals surface area contributed by atoms with E-state index in [1.807, 2.05) is 0 Å². The predicted molar refractivity (Wildman–Crippen MR) is 70.7 cm³/mol. The molecule has 0 rings (SSSR count). The molecule has 0 aromatic carbocycles. The third kappa shape index (κ3) is 9.12. The highest BCUT2D eigenvalue weighted by Crippen LogP contribution is 2.04. The summed E-state index contributed by atoms with van der Waals surface area (Å²) in [4.78, 5) is 11.7. The number of hydrogen-bond donors (Lipinski definition) is 2. The summed E-state index contributed by atoms with van der Waals surface area (Å²) < 4.78 is 5.44. The lowest BCUT2D eigenvalue weighted by atomic mass is 10.0. The van der Waals surface area contributed by atoms with Gasteiger partial charge in [-0.25, -0.2) is 0 Å². The summed E-state index contributed by atoms with van der Waals surface area (Å²) in [5.74, 6) is 0.616. The summed E-state index contributed by atoms with van der Waals surface area (Å²) in [6, 6.07) is 0. The van der Waals surface area contributed by atoms with E-state index in [1.54, 1.807) is 0 Å². The second-order valence-electron chi connectivity index (χ2n) is 4.83. The molecule has 1 atom stereocenters. The molecule has 0 radical (unpaired) electrons. The van der Waals surface area contributed by atoms with Crippen LogP contribution in [0.25, 0.3) is 0 Å². The lowest BCUT2D eigenvalue weighted by Crippen LogP contribution is -2.35. The van der Waals surface area contributed by atoms with Crippen LogP contribution in [0.5, 0.6) is 0 Å². The molecule has 0 aliphatic heterocycles. The van der Waals surface area contributed by atoms with Gasteiger partial charge in [0.25, 0.3) is 0 Å². The Morgan fingerprint density at radius 1 is 1.41 bits per heavy atom. The lowest BCUT2D eigenvalue weighted by Gasteiger charge is -2.14. The fourth-order valence-corrected chi connectivity index (χ4v) is 1.55. The third-order valence-electron chi connectivity index (χ3n) is 2.51. The molecule has 0 saturated carbocycles. The molecule has 0 saturated heterocycles. The Hall–Kier alpha value is -0.610. The van der Waals surface area contributed by atoms with Crippen LogP contribution in [0.2, 0.25) is 0 Å². The zero-order valence-corrected chi connectivity index (χ0v) is 11.5. The first kappa shape index (κ1) is 16.4. The van der Waals surface area contributed by atoms with Crippen molar-refractivity contribution in [2.24, 2.45) is 17.6 Å². The number of ether oxygens (including phenoxy) is 1. The molecule has 0 bridgehead atoms. The zero-order chi connectivity index (χ0) is 13.1. The SMILES string of the molecule is CCCC(CN)C(=O)NCCCOCC(C)C. The van der Waals surface area contributed by atoms with Crippen molar-refractivity contribution in [3.8, 4) is 0 Å². The molecule has 0 aliphatic rings. The molecule has 0 aliphatic carbocycles. The Labute approximate surface area is 105 Å². The highest BCUT2D eigenvalue weighted by atomic mass is 16.5. The predicted octanol–water partition coefficient (Wildman–Crippen LogP) is 1.54. The minimum absolute atomic E-state index is 0.0309. The van der Waals surface area contributed by atoms with Crippen molar-refractivity contribution in [1.29, 1.82) is 0 Å². The van der Waals surface area contributed by atoms with Crippen LogP contribution in [0.15, 0.2) is 0 Å². The summed E-state index contributed by atoms with van der Waals surface area (Å²) in [5, 5.41) is 2.91. The van der Waals surface area contributed by atoms with Gasteiger partial charge in [-0.15, -0.1) is 0 Å². The highest BCUT2D eigenvalue weighted by Gasteiger charge is 2.14. The molecule has 1 unspecified atom stereocenters. The van der Waals surface area contributed by atoms with Gasteiger partial charge in [0.15, 0.2) is 0 Å². The number of carbonyl (C=O) groups excluding carboxylic acids is 1. The maximum atomic E-state index is 11.7. The Morgan fingerprint density at radius 3 is 2.65 bits per heavy atom. The van der Waals surface area contributed by atoms with Crippen LogP contribution in [0.3, 0.4) is 0 Å². The second kappa shape index (κ2) is 10.5. The smallest absolute Gasteiger partial charge is 0.224 e. The molecule has 0 spiro atoms. The summed E-state index contributed by atoms with van der Waals surface area (Å²) in [7, 11) is 0. The van der Waals surface area contributed by atoms with Crippen molar-refractivity contribution in [3.63, 3.8) is 0 Å². The van der Waals surface area contributed by atoms with E-state index in [1.165, 1.54) is 0 Å². The van der Waals surface area contributed by atoms with Gasteiger partial charge in [-0.3, -0.25) is 4.79 Å². The molecule has 0 aromatic rings. The van der Waals surface area contributed by atoms with Crippen LogP contribution in [0.4, 0.5) is 0 Å². The average Bonchev–Trinajstić information content (AvgIpc) is 2.29. The molecule has 0 heterocycles. The molecule has 0 fully saturated rings. The molecule has 4 heteroatoms. The maximum absolute atomic E-state index is 11.7. The fourth-order valence-electron chi connectivity index (χ4n) is 1.55. The van der Waals surface area contributed by atoms with Crippen molar-refractivity contribution < 1.29 is 9.53 Å². The minimum atomic E-state index is -0.0309. The summed E-state index contributed by atoms with van der Waals surface area (Å²) in [6.07, 6.45) is 2.72. The number of amides is 1. The van der Waals surface area contributed by atoms with Crippen molar-refractivity contribution in [3.05, 3.63) is 0 Å². The van der Waals surface area contributed by atoms with E-state index < -0.39 is 0 Å². The number of nitrogens with one attached hydrogen (secondary N) is 1. The molecular weight excluding hydrogens is 216 g/mol. The van der Waals surface area contributed by atoms with Gasteiger partial charge >= 0.3 is 0 Å². The van der Waals surface area contributed by atoms with E-state index >= 15 is 0 Å². The molecule has 17 heavy (non-hydrogen) atoms. The Bertz CT molecular complexity index is 196. The van der Waals surface area contributed by atoms with Gasteiger partial charge in [0.2, 0.25) is 5.91 Å². The van der Waals surface area contributed by atoms with Crippen LogP contribution in [-0.4, -0.2) is 32.2 Å². The van der Waals surface area contributed by atoms with Crippen LogP contribution < -0.4 is 11.1 Å². The fraction of sp³-hybridized carbons (Fsp3) is 0.923. The van der Waals surface area contributed by atoms with E-state index in [0.717, 1.165) is 25.9 Å². The minimum Gasteiger partial charge on any atom is -0.381 e. The van der Waals surface area contributed by atoms with Gasteiger partial charge in [-0.1, -0.05) is 27.2 Å². The first-order chi connectivity index (χ1) is 8.11. The summed E-state index contributed by atoms with van der Waals surface area (Å²) in [6.45, 7) is 8.92. The van der Waals surface area contributed by atoms with Gasteiger partial charge in [-0.2, -0.15) is 0 Å². The van der Waals surface area contributed by atoms with Crippen molar-refractivity contribution >= 4 is 5.91 Å². The van der Waals surface area contributed by atoms with Crippen molar-refractivity contribution in [1.82, 2.24) is 5.32 Å². The quantitative estimate of drug-likeness (QED) is 0.573. The molecule has 0 aromatic heterocycles. The molecular formula is C13H28N2O2. The maximum Gasteiger partial charge on any atom is 0.224 e. The highest BCUT2D eigenvalue weighted by molar-refractivity contribution is 5.78. The zero-order valence-electron chi connectivity index (χ0n) is 11.5. The number of hydrogen-bond acceptors (Lipinski definition) is 3. The van der Waals surface area contributed by atoms with Crippen LogP contribution >= 0.6 is 0 Å². The van der Waals surface area contributed by atoms with E-state index in [9.17, 15) is 4.79 Å². The molecule has 4 nitrogen and oxygen atoms in total. The van der Waals surface area contributed by atoms with Gasteiger partial charge < -0.3 is 15.8 Å². The van der Waals surface area contributed by atoms with E-state index in [4.69, 9.17) is 10.5 Å². The lowest BCUT2D eigenvalue weighted by molar-refractivity contribution is -0.124. The van der Waals surface area contributed by atoms with Crippen LogP contribution in [0.1, 0.15) is 40.0 Å². The normalized spacial score (nSPS) is 12.8. The second-order valence-corrected chi connectivity index (χ2v) is 4.83. The number of nitrogens with two attached hydrogens (primary N) is 1. The van der Waals surface area contributed by atoms with Crippen LogP contribution in [-0.2, 0) is 9.53 Å². The summed E-state index contributed by atoms with van der Waals surface area (Å²) >= 11 is 0. The van der Waals surface area contributed by atoms with Crippen molar-refractivity contribution in [2.75, 3.05) is 26.3 Å². The van der Waals surface area contributed by atoms with E-state index in [2.05, 4.69) is 26.1 Å². The number of carbonyl (C=O) groups is 1.